The average Bonchev–Trinajstić information content (AvgIpc) is 1.90. The molecule has 0 aliphatic carbocycles. The minimum Gasteiger partial charge on any atom is -0.322 e. The molecule has 1 atom stereocenters. The number of hydrogen-bond donors (Lipinski definition) is 2. The molecule has 0 bridgehead atoms. The lowest BCUT2D eigenvalue weighted by molar-refractivity contribution is 0.246. The van der Waals surface area contributed by atoms with E-state index in [9.17, 15) is 4.39 Å². The van der Waals surface area contributed by atoms with E-state index in [0.717, 1.165) is 19.4 Å². The number of nitrogens with one attached hydrogen (secondary N) is 1. The molecule has 10 heavy (non-hydrogen) atoms. The Morgan fingerprint density at radius 1 is 1.60 bits per heavy atom. The van der Waals surface area contributed by atoms with Crippen molar-refractivity contribution in [3.63, 3.8) is 0 Å². The van der Waals surface area contributed by atoms with Crippen LogP contribution in [0.5, 0.6) is 0 Å². The first kappa shape index (κ1) is 10.1. The van der Waals surface area contributed by atoms with Gasteiger partial charge in [0, 0.05) is 6.54 Å². The Labute approximate surface area is 66.8 Å². The SMILES string of the molecule is Cl.NC1(CF)CCCNC1. The minimum atomic E-state index is -0.557. The summed E-state index contributed by atoms with van der Waals surface area (Å²) in [6.07, 6.45) is 1.82. The zero-order valence-corrected chi connectivity index (χ0v) is 6.72. The molecule has 1 saturated heterocycles. The number of halogens is 2. The summed E-state index contributed by atoms with van der Waals surface area (Å²) in [6.45, 7) is 1.21. The van der Waals surface area contributed by atoms with Crippen molar-refractivity contribution in [3.05, 3.63) is 0 Å². The van der Waals surface area contributed by atoms with Crippen molar-refractivity contribution < 1.29 is 4.39 Å². The number of nitrogens with two attached hydrogens (primary N) is 1. The fourth-order valence-electron chi connectivity index (χ4n) is 1.11. The molecular formula is C6H14ClFN2. The van der Waals surface area contributed by atoms with Gasteiger partial charge >= 0.3 is 0 Å². The Hall–Kier alpha value is 0.140. The van der Waals surface area contributed by atoms with Crippen molar-refractivity contribution in [2.75, 3.05) is 19.8 Å². The van der Waals surface area contributed by atoms with Crippen LogP contribution in [0.2, 0.25) is 0 Å². The molecule has 1 aliphatic rings. The van der Waals surface area contributed by atoms with Crippen LogP contribution in [0, 0.1) is 0 Å². The van der Waals surface area contributed by atoms with Crippen LogP contribution >= 0.6 is 12.4 Å². The second-order valence-electron chi connectivity index (χ2n) is 2.78. The van der Waals surface area contributed by atoms with Gasteiger partial charge in [0.15, 0.2) is 0 Å². The standard InChI is InChI=1S/C6H13FN2.ClH/c7-4-6(8)2-1-3-9-5-6;/h9H,1-5,8H2;1H. The van der Waals surface area contributed by atoms with Crippen LogP contribution in [0.4, 0.5) is 4.39 Å². The molecule has 62 valence electrons. The summed E-state index contributed by atoms with van der Waals surface area (Å²) in [7, 11) is 0. The smallest absolute Gasteiger partial charge is 0.109 e. The Balaban J connectivity index is 0.000000810. The zero-order chi connectivity index (χ0) is 6.74. The quantitative estimate of drug-likeness (QED) is 0.597. The third-order valence-electron chi connectivity index (χ3n) is 1.77. The lowest BCUT2D eigenvalue weighted by atomic mass is 9.93. The molecule has 0 saturated carbocycles. The van der Waals surface area contributed by atoms with Gasteiger partial charge in [-0.2, -0.15) is 0 Å². The number of alkyl halides is 1. The predicted octanol–water partition coefficient (Wildman–Crippen LogP) is 0.459. The van der Waals surface area contributed by atoms with Crippen LogP contribution in [0.15, 0.2) is 0 Å². The summed E-state index contributed by atoms with van der Waals surface area (Å²) in [5.74, 6) is 0. The first-order chi connectivity index (χ1) is 4.27. The largest absolute Gasteiger partial charge is 0.322 e. The summed E-state index contributed by atoms with van der Waals surface area (Å²) in [6, 6.07) is 0. The Morgan fingerprint density at radius 2 is 2.30 bits per heavy atom. The molecule has 2 nitrogen and oxygen atoms in total. The lowest BCUT2D eigenvalue weighted by Crippen LogP contribution is -2.54. The molecule has 0 aromatic rings. The Bertz CT molecular complexity index is 93.7. The summed E-state index contributed by atoms with van der Waals surface area (Å²) in [5, 5.41) is 3.06. The summed E-state index contributed by atoms with van der Waals surface area (Å²) in [5.41, 5.74) is 5.06. The molecule has 0 radical (unpaired) electrons. The molecule has 1 aliphatic heterocycles. The van der Waals surface area contributed by atoms with Crippen molar-refractivity contribution in [2.45, 2.75) is 18.4 Å². The van der Waals surface area contributed by atoms with Gasteiger partial charge in [0.2, 0.25) is 0 Å². The van der Waals surface area contributed by atoms with Gasteiger partial charge in [-0.25, -0.2) is 4.39 Å². The van der Waals surface area contributed by atoms with Crippen LogP contribution in [0.3, 0.4) is 0 Å². The first-order valence-electron chi connectivity index (χ1n) is 3.32. The van der Waals surface area contributed by atoms with Crippen LogP contribution < -0.4 is 11.1 Å². The highest BCUT2D eigenvalue weighted by atomic mass is 35.5. The zero-order valence-electron chi connectivity index (χ0n) is 5.90. The van der Waals surface area contributed by atoms with E-state index in [1.807, 2.05) is 0 Å². The second kappa shape index (κ2) is 4.11. The maximum atomic E-state index is 12.1. The van der Waals surface area contributed by atoms with Crippen molar-refractivity contribution in [1.29, 1.82) is 0 Å². The maximum absolute atomic E-state index is 12.1. The van der Waals surface area contributed by atoms with Crippen LogP contribution in [0.25, 0.3) is 0 Å². The fourth-order valence-corrected chi connectivity index (χ4v) is 1.11. The van der Waals surface area contributed by atoms with Crippen molar-refractivity contribution >= 4 is 12.4 Å². The topological polar surface area (TPSA) is 38.0 Å². The third-order valence-corrected chi connectivity index (χ3v) is 1.77. The van der Waals surface area contributed by atoms with E-state index in [2.05, 4.69) is 5.32 Å². The lowest BCUT2D eigenvalue weighted by Gasteiger charge is -2.30. The van der Waals surface area contributed by atoms with Gasteiger partial charge in [0.1, 0.15) is 6.67 Å². The molecule has 1 fully saturated rings. The van der Waals surface area contributed by atoms with Gasteiger partial charge in [-0.3, -0.25) is 0 Å². The van der Waals surface area contributed by atoms with E-state index < -0.39 is 12.2 Å². The van der Waals surface area contributed by atoms with Crippen LogP contribution in [-0.4, -0.2) is 25.3 Å². The highest BCUT2D eigenvalue weighted by Crippen LogP contribution is 2.12. The monoisotopic (exact) mass is 168 g/mol. The number of piperidine rings is 1. The highest BCUT2D eigenvalue weighted by molar-refractivity contribution is 5.85. The van der Waals surface area contributed by atoms with Gasteiger partial charge in [-0.15, -0.1) is 12.4 Å². The van der Waals surface area contributed by atoms with Gasteiger partial charge in [0.25, 0.3) is 0 Å². The Kier molecular flexibility index (Phi) is 4.17. The van der Waals surface area contributed by atoms with E-state index in [4.69, 9.17) is 5.73 Å². The fraction of sp³-hybridized carbons (Fsp3) is 1.00. The molecule has 0 spiro atoms. The molecule has 1 unspecified atom stereocenters. The van der Waals surface area contributed by atoms with E-state index in [1.54, 1.807) is 0 Å². The summed E-state index contributed by atoms with van der Waals surface area (Å²) >= 11 is 0. The highest BCUT2D eigenvalue weighted by Gasteiger charge is 2.26. The van der Waals surface area contributed by atoms with Crippen molar-refractivity contribution in [2.24, 2.45) is 5.73 Å². The van der Waals surface area contributed by atoms with E-state index in [-0.39, 0.29) is 12.4 Å². The predicted molar refractivity (Wildman–Crippen MR) is 42.2 cm³/mol. The molecule has 0 aromatic carbocycles. The summed E-state index contributed by atoms with van der Waals surface area (Å²) < 4.78 is 12.1. The van der Waals surface area contributed by atoms with Gasteiger partial charge in [-0.1, -0.05) is 0 Å². The molecule has 3 N–H and O–H groups in total. The first-order valence-corrected chi connectivity index (χ1v) is 3.32. The van der Waals surface area contributed by atoms with Gasteiger partial charge in [-0.05, 0) is 19.4 Å². The molecule has 0 aromatic heterocycles. The van der Waals surface area contributed by atoms with Gasteiger partial charge < -0.3 is 11.1 Å². The van der Waals surface area contributed by atoms with Crippen molar-refractivity contribution in [1.82, 2.24) is 5.32 Å². The minimum absolute atomic E-state index is 0. The van der Waals surface area contributed by atoms with E-state index in [0.29, 0.717) is 6.54 Å². The molecule has 1 heterocycles. The van der Waals surface area contributed by atoms with Crippen molar-refractivity contribution in [3.8, 4) is 0 Å². The van der Waals surface area contributed by atoms with Crippen LogP contribution in [0.1, 0.15) is 12.8 Å². The van der Waals surface area contributed by atoms with E-state index >= 15 is 0 Å². The molecular weight excluding hydrogens is 155 g/mol. The van der Waals surface area contributed by atoms with E-state index in [1.165, 1.54) is 0 Å². The number of rotatable bonds is 1. The molecule has 1 rings (SSSR count). The summed E-state index contributed by atoms with van der Waals surface area (Å²) in [4.78, 5) is 0. The normalized spacial score (nSPS) is 33.0. The Morgan fingerprint density at radius 3 is 2.60 bits per heavy atom. The molecule has 0 amide bonds. The van der Waals surface area contributed by atoms with Gasteiger partial charge in [0.05, 0.1) is 5.54 Å². The second-order valence-corrected chi connectivity index (χ2v) is 2.78. The average molecular weight is 169 g/mol. The third kappa shape index (κ3) is 2.40. The maximum Gasteiger partial charge on any atom is 0.109 e. The van der Waals surface area contributed by atoms with Crippen LogP contribution in [-0.2, 0) is 0 Å². The number of hydrogen-bond acceptors (Lipinski definition) is 2. The molecule has 4 heteroatoms.